The third-order valence-corrected chi connectivity index (χ3v) is 4.45. The van der Waals surface area contributed by atoms with E-state index in [1.54, 1.807) is 0 Å². The molecule has 1 fully saturated rings. The lowest BCUT2D eigenvalue weighted by molar-refractivity contribution is 0.268. The van der Waals surface area contributed by atoms with Gasteiger partial charge in [-0.25, -0.2) is 0 Å². The molecule has 1 saturated carbocycles. The van der Waals surface area contributed by atoms with E-state index in [1.807, 2.05) is 0 Å². The van der Waals surface area contributed by atoms with Crippen molar-refractivity contribution in [2.75, 3.05) is 26.2 Å². The van der Waals surface area contributed by atoms with E-state index in [1.165, 1.54) is 71.1 Å². The predicted molar refractivity (Wildman–Crippen MR) is 81.1 cm³/mol. The third kappa shape index (κ3) is 6.75. The maximum Gasteiger partial charge on any atom is 0.0166 e. The van der Waals surface area contributed by atoms with Crippen molar-refractivity contribution in [1.82, 2.24) is 10.2 Å². The van der Waals surface area contributed by atoms with Gasteiger partial charge in [0.15, 0.2) is 0 Å². The highest BCUT2D eigenvalue weighted by molar-refractivity contribution is 4.69. The third-order valence-electron chi connectivity index (χ3n) is 4.45. The summed E-state index contributed by atoms with van der Waals surface area (Å²) >= 11 is 0. The summed E-state index contributed by atoms with van der Waals surface area (Å²) in [6.45, 7) is 11.6. The van der Waals surface area contributed by atoms with Crippen LogP contribution in [-0.2, 0) is 0 Å². The van der Waals surface area contributed by atoms with Crippen molar-refractivity contribution < 1.29 is 0 Å². The molecule has 2 heteroatoms. The second kappa shape index (κ2) is 9.80. The van der Waals surface area contributed by atoms with Gasteiger partial charge in [-0.3, -0.25) is 0 Å². The van der Waals surface area contributed by atoms with E-state index in [0.717, 1.165) is 5.92 Å². The highest BCUT2D eigenvalue weighted by Gasteiger charge is 2.12. The van der Waals surface area contributed by atoms with Gasteiger partial charge in [0.1, 0.15) is 0 Å². The van der Waals surface area contributed by atoms with E-state index in [9.17, 15) is 0 Å². The minimum Gasteiger partial charge on any atom is -0.313 e. The van der Waals surface area contributed by atoms with Gasteiger partial charge >= 0.3 is 0 Å². The number of likely N-dealkylation sites (N-methyl/N-ethyl adjacent to an activating group) is 1. The second-order valence-electron chi connectivity index (χ2n) is 5.99. The van der Waals surface area contributed by atoms with Crippen LogP contribution in [0.15, 0.2) is 0 Å². The van der Waals surface area contributed by atoms with Crippen LogP contribution < -0.4 is 5.32 Å². The summed E-state index contributed by atoms with van der Waals surface area (Å²) in [6, 6.07) is 0.635. The molecule has 1 atom stereocenters. The van der Waals surface area contributed by atoms with E-state index in [0.29, 0.717) is 6.04 Å². The summed E-state index contributed by atoms with van der Waals surface area (Å²) < 4.78 is 0. The smallest absolute Gasteiger partial charge is 0.0166 e. The van der Waals surface area contributed by atoms with Crippen molar-refractivity contribution in [3.63, 3.8) is 0 Å². The molecule has 2 nitrogen and oxygen atoms in total. The molecule has 0 spiro atoms. The molecular weight excluding hydrogens is 220 g/mol. The van der Waals surface area contributed by atoms with Crippen LogP contribution in [0.2, 0.25) is 0 Å². The molecule has 0 radical (unpaired) electrons. The summed E-state index contributed by atoms with van der Waals surface area (Å²) in [5.74, 6) is 1.00. The summed E-state index contributed by atoms with van der Waals surface area (Å²) in [5.41, 5.74) is 0. The average Bonchev–Trinajstić information content (AvgIpc) is 2.64. The quantitative estimate of drug-likeness (QED) is 0.665. The first-order chi connectivity index (χ1) is 8.76. The molecule has 0 amide bonds. The van der Waals surface area contributed by atoms with Crippen LogP contribution in [0.3, 0.4) is 0 Å². The lowest BCUT2D eigenvalue weighted by Crippen LogP contribution is -2.39. The molecule has 0 saturated heterocycles. The fourth-order valence-corrected chi connectivity index (χ4v) is 3.12. The summed E-state index contributed by atoms with van der Waals surface area (Å²) in [6.07, 6.45) is 10.2. The Hall–Kier alpha value is -0.0800. The molecule has 0 bridgehead atoms. The summed E-state index contributed by atoms with van der Waals surface area (Å²) in [5, 5.41) is 3.71. The van der Waals surface area contributed by atoms with Gasteiger partial charge < -0.3 is 10.2 Å². The van der Waals surface area contributed by atoms with Gasteiger partial charge in [0.25, 0.3) is 0 Å². The molecular formula is C16H34N2. The van der Waals surface area contributed by atoms with Crippen LogP contribution >= 0.6 is 0 Å². The molecule has 1 unspecified atom stereocenters. The van der Waals surface area contributed by atoms with E-state index >= 15 is 0 Å². The number of nitrogens with one attached hydrogen (secondary N) is 1. The fourth-order valence-electron chi connectivity index (χ4n) is 3.12. The van der Waals surface area contributed by atoms with E-state index in [-0.39, 0.29) is 0 Å². The zero-order chi connectivity index (χ0) is 13.2. The van der Waals surface area contributed by atoms with Gasteiger partial charge in [-0.05, 0) is 38.9 Å². The largest absolute Gasteiger partial charge is 0.313 e. The maximum absolute atomic E-state index is 3.71. The molecule has 18 heavy (non-hydrogen) atoms. The SMILES string of the molecule is CCN(CC)CC(C)NCCC1CCCCCC1. The Balaban J connectivity index is 2.08. The Bertz CT molecular complexity index is 182. The molecule has 0 aromatic rings. The molecule has 0 heterocycles. The van der Waals surface area contributed by atoms with Crippen molar-refractivity contribution in [3.8, 4) is 0 Å². The average molecular weight is 254 g/mol. The summed E-state index contributed by atoms with van der Waals surface area (Å²) in [4.78, 5) is 2.50. The van der Waals surface area contributed by atoms with Crippen LogP contribution in [0, 0.1) is 5.92 Å². The Morgan fingerprint density at radius 3 is 2.22 bits per heavy atom. The van der Waals surface area contributed by atoms with Gasteiger partial charge in [0, 0.05) is 12.6 Å². The lowest BCUT2D eigenvalue weighted by Gasteiger charge is -2.24. The lowest BCUT2D eigenvalue weighted by atomic mass is 9.96. The monoisotopic (exact) mass is 254 g/mol. The van der Waals surface area contributed by atoms with Crippen molar-refractivity contribution in [2.24, 2.45) is 5.92 Å². The van der Waals surface area contributed by atoms with Gasteiger partial charge in [-0.1, -0.05) is 52.4 Å². The van der Waals surface area contributed by atoms with Crippen LogP contribution in [-0.4, -0.2) is 37.1 Å². The predicted octanol–water partition coefficient (Wildman–Crippen LogP) is 3.67. The number of hydrogen-bond acceptors (Lipinski definition) is 2. The van der Waals surface area contributed by atoms with Gasteiger partial charge in [0.05, 0.1) is 0 Å². The number of rotatable bonds is 8. The first-order valence-electron chi connectivity index (χ1n) is 8.22. The normalized spacial score (nSPS) is 20.0. The van der Waals surface area contributed by atoms with Crippen molar-refractivity contribution >= 4 is 0 Å². The molecule has 1 aliphatic carbocycles. The van der Waals surface area contributed by atoms with E-state index < -0.39 is 0 Å². The highest BCUT2D eigenvalue weighted by atomic mass is 15.1. The molecule has 108 valence electrons. The zero-order valence-electron chi connectivity index (χ0n) is 12.9. The second-order valence-corrected chi connectivity index (χ2v) is 5.99. The Morgan fingerprint density at radius 2 is 1.67 bits per heavy atom. The van der Waals surface area contributed by atoms with Crippen molar-refractivity contribution in [3.05, 3.63) is 0 Å². The first kappa shape index (κ1) is 16.0. The van der Waals surface area contributed by atoms with Crippen LogP contribution in [0.5, 0.6) is 0 Å². The molecule has 1 aliphatic rings. The molecule has 1 N–H and O–H groups in total. The van der Waals surface area contributed by atoms with Gasteiger partial charge in [-0.2, -0.15) is 0 Å². The standard InChI is InChI=1S/C16H34N2/c1-4-18(5-2)14-15(3)17-13-12-16-10-8-6-7-9-11-16/h15-17H,4-14H2,1-3H3. The minimum absolute atomic E-state index is 0.635. The molecule has 0 aromatic carbocycles. The number of hydrogen-bond donors (Lipinski definition) is 1. The van der Waals surface area contributed by atoms with E-state index in [4.69, 9.17) is 0 Å². The van der Waals surface area contributed by atoms with Crippen molar-refractivity contribution in [2.45, 2.75) is 71.8 Å². The zero-order valence-corrected chi connectivity index (χ0v) is 12.9. The topological polar surface area (TPSA) is 15.3 Å². The molecule has 0 aliphatic heterocycles. The Morgan fingerprint density at radius 1 is 1.06 bits per heavy atom. The van der Waals surface area contributed by atoms with Crippen LogP contribution in [0.25, 0.3) is 0 Å². The first-order valence-corrected chi connectivity index (χ1v) is 8.22. The van der Waals surface area contributed by atoms with Gasteiger partial charge in [-0.15, -0.1) is 0 Å². The molecule has 0 aromatic heterocycles. The van der Waals surface area contributed by atoms with Crippen LogP contribution in [0.4, 0.5) is 0 Å². The fraction of sp³-hybridized carbons (Fsp3) is 1.00. The van der Waals surface area contributed by atoms with E-state index in [2.05, 4.69) is 31.0 Å². The Labute approximate surface area is 115 Å². The number of nitrogens with zero attached hydrogens (tertiary/aromatic N) is 1. The minimum atomic E-state index is 0.635. The van der Waals surface area contributed by atoms with Gasteiger partial charge in [0.2, 0.25) is 0 Å². The molecule has 1 rings (SSSR count). The van der Waals surface area contributed by atoms with Crippen molar-refractivity contribution in [1.29, 1.82) is 0 Å². The highest BCUT2D eigenvalue weighted by Crippen LogP contribution is 2.24. The van der Waals surface area contributed by atoms with Crippen LogP contribution in [0.1, 0.15) is 65.7 Å². The Kier molecular flexibility index (Phi) is 8.70. The summed E-state index contributed by atoms with van der Waals surface area (Å²) in [7, 11) is 0. The maximum atomic E-state index is 3.71.